The molecule has 0 bridgehead atoms. The number of carbonyl (C=O) groups excluding carboxylic acids is 1. The van der Waals surface area contributed by atoms with Gasteiger partial charge in [0.05, 0.1) is 18.3 Å². The largest absolute Gasteiger partial charge is 0.361 e. The molecule has 1 amide bonds. The Bertz CT molecular complexity index is 919. The van der Waals surface area contributed by atoms with Crippen molar-refractivity contribution in [2.75, 3.05) is 6.54 Å². The predicted octanol–water partition coefficient (Wildman–Crippen LogP) is 2.93. The standard InChI is InChI=1S/C20H23N5O/c1-14(26)23-12-16-7-9-22-20(24-16)19-6-3-11-25(19)13-15-4-2-5-18-17(15)8-10-21-18/h2,4-5,7-10,19,21H,3,6,11-13H2,1H3,(H,23,26)/t19-/m0/s1. The minimum atomic E-state index is -0.0488. The third-order valence-electron chi connectivity index (χ3n) is 4.97. The molecule has 26 heavy (non-hydrogen) atoms. The van der Waals surface area contributed by atoms with Crippen LogP contribution in [0.5, 0.6) is 0 Å². The fourth-order valence-corrected chi connectivity index (χ4v) is 3.70. The van der Waals surface area contributed by atoms with Crippen LogP contribution in [0.25, 0.3) is 10.9 Å². The monoisotopic (exact) mass is 349 g/mol. The van der Waals surface area contributed by atoms with Crippen molar-refractivity contribution in [2.24, 2.45) is 0 Å². The summed E-state index contributed by atoms with van der Waals surface area (Å²) in [6, 6.07) is 10.6. The van der Waals surface area contributed by atoms with E-state index in [1.807, 2.05) is 12.3 Å². The lowest BCUT2D eigenvalue weighted by Crippen LogP contribution is -2.25. The quantitative estimate of drug-likeness (QED) is 0.743. The highest BCUT2D eigenvalue weighted by molar-refractivity contribution is 5.82. The van der Waals surface area contributed by atoms with Crippen molar-refractivity contribution in [1.29, 1.82) is 0 Å². The number of H-pyrrole nitrogens is 1. The van der Waals surface area contributed by atoms with Gasteiger partial charge in [-0.05, 0) is 43.1 Å². The molecular formula is C20H23N5O. The number of hydrogen-bond acceptors (Lipinski definition) is 4. The molecule has 1 fully saturated rings. The smallest absolute Gasteiger partial charge is 0.217 e. The third kappa shape index (κ3) is 3.46. The van der Waals surface area contributed by atoms with E-state index in [-0.39, 0.29) is 11.9 Å². The van der Waals surface area contributed by atoms with Gasteiger partial charge < -0.3 is 10.3 Å². The lowest BCUT2D eigenvalue weighted by molar-refractivity contribution is -0.119. The van der Waals surface area contributed by atoms with Crippen LogP contribution < -0.4 is 5.32 Å². The van der Waals surface area contributed by atoms with E-state index in [2.05, 4.69) is 44.5 Å². The summed E-state index contributed by atoms with van der Waals surface area (Å²) in [5, 5.41) is 4.08. The molecule has 1 aromatic carbocycles. The Morgan fingerprint density at radius 1 is 1.35 bits per heavy atom. The summed E-state index contributed by atoms with van der Waals surface area (Å²) in [6.45, 7) is 3.90. The number of likely N-dealkylation sites (tertiary alicyclic amines) is 1. The van der Waals surface area contributed by atoms with E-state index >= 15 is 0 Å². The number of carbonyl (C=O) groups is 1. The van der Waals surface area contributed by atoms with Gasteiger partial charge in [0, 0.05) is 36.8 Å². The van der Waals surface area contributed by atoms with Crippen LogP contribution >= 0.6 is 0 Å². The second kappa shape index (κ2) is 7.25. The second-order valence-electron chi connectivity index (χ2n) is 6.80. The maximum absolute atomic E-state index is 11.1. The molecule has 1 aliphatic heterocycles. The molecular weight excluding hydrogens is 326 g/mol. The van der Waals surface area contributed by atoms with Gasteiger partial charge in [-0.1, -0.05) is 12.1 Å². The zero-order valence-corrected chi connectivity index (χ0v) is 14.9. The van der Waals surface area contributed by atoms with Gasteiger partial charge in [-0.2, -0.15) is 0 Å². The van der Waals surface area contributed by atoms with Gasteiger partial charge in [0.25, 0.3) is 0 Å². The van der Waals surface area contributed by atoms with Crippen LogP contribution in [-0.4, -0.2) is 32.3 Å². The Balaban J connectivity index is 1.54. The summed E-state index contributed by atoms with van der Waals surface area (Å²) < 4.78 is 0. The van der Waals surface area contributed by atoms with E-state index < -0.39 is 0 Å². The predicted molar refractivity (Wildman–Crippen MR) is 100 cm³/mol. The molecule has 0 unspecified atom stereocenters. The highest BCUT2D eigenvalue weighted by Crippen LogP contribution is 2.32. The number of hydrogen-bond donors (Lipinski definition) is 2. The molecule has 1 aliphatic rings. The Labute approximate surface area is 152 Å². The summed E-state index contributed by atoms with van der Waals surface area (Å²) >= 11 is 0. The molecule has 2 N–H and O–H groups in total. The lowest BCUT2D eigenvalue weighted by atomic mass is 10.1. The number of amides is 1. The normalized spacial score (nSPS) is 17.7. The van der Waals surface area contributed by atoms with Gasteiger partial charge in [0.15, 0.2) is 0 Å². The fraction of sp³-hybridized carbons (Fsp3) is 0.350. The Hall–Kier alpha value is -2.73. The number of aromatic amines is 1. The molecule has 4 rings (SSSR count). The lowest BCUT2D eigenvalue weighted by Gasteiger charge is -2.24. The van der Waals surface area contributed by atoms with Gasteiger partial charge in [-0.3, -0.25) is 9.69 Å². The van der Waals surface area contributed by atoms with Gasteiger partial charge >= 0.3 is 0 Å². The van der Waals surface area contributed by atoms with E-state index in [4.69, 9.17) is 4.98 Å². The molecule has 3 heterocycles. The van der Waals surface area contributed by atoms with E-state index in [1.165, 1.54) is 23.4 Å². The van der Waals surface area contributed by atoms with E-state index in [0.717, 1.165) is 37.4 Å². The molecule has 134 valence electrons. The highest BCUT2D eigenvalue weighted by atomic mass is 16.1. The maximum Gasteiger partial charge on any atom is 0.217 e. The number of nitrogens with one attached hydrogen (secondary N) is 2. The van der Waals surface area contributed by atoms with Crippen molar-refractivity contribution in [3.05, 3.63) is 59.8 Å². The van der Waals surface area contributed by atoms with E-state index in [0.29, 0.717) is 6.54 Å². The summed E-state index contributed by atoms with van der Waals surface area (Å²) in [4.78, 5) is 26.1. The summed E-state index contributed by atoms with van der Waals surface area (Å²) in [6.07, 6.45) is 5.99. The molecule has 0 saturated carbocycles. The van der Waals surface area contributed by atoms with Crippen LogP contribution in [0.2, 0.25) is 0 Å². The van der Waals surface area contributed by atoms with E-state index in [9.17, 15) is 4.79 Å². The molecule has 1 atom stereocenters. The molecule has 0 spiro atoms. The van der Waals surface area contributed by atoms with Crippen molar-refractivity contribution in [1.82, 2.24) is 25.2 Å². The first-order valence-electron chi connectivity index (χ1n) is 9.06. The minimum Gasteiger partial charge on any atom is -0.361 e. The SMILES string of the molecule is CC(=O)NCc1ccnc([C@@H]2CCCN2Cc2cccc3[nH]ccc23)n1. The first-order valence-corrected chi connectivity index (χ1v) is 9.06. The molecule has 6 heteroatoms. The summed E-state index contributed by atoms with van der Waals surface area (Å²) in [5.74, 6) is 0.804. The van der Waals surface area contributed by atoms with Crippen molar-refractivity contribution < 1.29 is 4.79 Å². The van der Waals surface area contributed by atoms with Crippen molar-refractivity contribution >= 4 is 16.8 Å². The molecule has 3 aromatic rings. The number of nitrogens with zero attached hydrogens (tertiary/aromatic N) is 3. The highest BCUT2D eigenvalue weighted by Gasteiger charge is 2.28. The van der Waals surface area contributed by atoms with Crippen molar-refractivity contribution in [3.63, 3.8) is 0 Å². The molecule has 1 saturated heterocycles. The average molecular weight is 349 g/mol. The number of rotatable bonds is 5. The van der Waals surface area contributed by atoms with Crippen LogP contribution in [0, 0.1) is 0 Å². The summed E-state index contributed by atoms with van der Waals surface area (Å²) in [7, 11) is 0. The van der Waals surface area contributed by atoms with Gasteiger partial charge in [0.2, 0.25) is 5.91 Å². The van der Waals surface area contributed by atoms with Gasteiger partial charge in [0.1, 0.15) is 5.82 Å². The topological polar surface area (TPSA) is 73.9 Å². The number of benzene rings is 1. The van der Waals surface area contributed by atoms with Crippen molar-refractivity contribution in [2.45, 2.75) is 38.9 Å². The summed E-state index contributed by atoms with van der Waals surface area (Å²) in [5.41, 5.74) is 3.35. The number of aromatic nitrogens is 3. The zero-order chi connectivity index (χ0) is 17.9. The first-order chi connectivity index (χ1) is 12.7. The molecule has 6 nitrogen and oxygen atoms in total. The van der Waals surface area contributed by atoms with Gasteiger partial charge in [-0.25, -0.2) is 9.97 Å². The van der Waals surface area contributed by atoms with E-state index in [1.54, 1.807) is 6.20 Å². The van der Waals surface area contributed by atoms with Crippen LogP contribution in [0.4, 0.5) is 0 Å². The van der Waals surface area contributed by atoms with Crippen LogP contribution in [0.1, 0.15) is 42.9 Å². The van der Waals surface area contributed by atoms with Crippen LogP contribution in [0.15, 0.2) is 42.7 Å². The minimum absolute atomic E-state index is 0.0488. The fourth-order valence-electron chi connectivity index (χ4n) is 3.70. The zero-order valence-electron chi connectivity index (χ0n) is 14.9. The molecule has 2 aromatic heterocycles. The number of fused-ring (bicyclic) bond motifs is 1. The maximum atomic E-state index is 11.1. The Morgan fingerprint density at radius 2 is 2.27 bits per heavy atom. The average Bonchev–Trinajstić information content (AvgIpc) is 3.30. The van der Waals surface area contributed by atoms with Crippen LogP contribution in [-0.2, 0) is 17.9 Å². The molecule has 0 radical (unpaired) electrons. The first kappa shape index (κ1) is 16.7. The Kier molecular flexibility index (Phi) is 4.67. The van der Waals surface area contributed by atoms with Crippen LogP contribution in [0.3, 0.4) is 0 Å². The Morgan fingerprint density at radius 3 is 3.15 bits per heavy atom. The molecule has 0 aliphatic carbocycles. The van der Waals surface area contributed by atoms with Crippen molar-refractivity contribution in [3.8, 4) is 0 Å². The second-order valence-corrected chi connectivity index (χ2v) is 6.80. The third-order valence-corrected chi connectivity index (χ3v) is 4.97. The van der Waals surface area contributed by atoms with Gasteiger partial charge in [-0.15, -0.1) is 0 Å².